The van der Waals surface area contributed by atoms with E-state index in [9.17, 15) is 4.79 Å². The van der Waals surface area contributed by atoms with E-state index in [1.54, 1.807) is 18.3 Å². The number of fused-ring (bicyclic) bond motifs is 1. The van der Waals surface area contributed by atoms with E-state index in [2.05, 4.69) is 0 Å². The molecular weight excluding hydrogens is 352 g/mol. The summed E-state index contributed by atoms with van der Waals surface area (Å²) in [6, 6.07) is 5.40. The van der Waals surface area contributed by atoms with Crippen LogP contribution < -0.4 is 5.46 Å². The summed E-state index contributed by atoms with van der Waals surface area (Å²) in [6.45, 7) is 13.5. The third-order valence-corrected chi connectivity index (χ3v) is 5.27. The first kappa shape index (κ1) is 19.3. The summed E-state index contributed by atoms with van der Waals surface area (Å²) in [5.74, 6) is 0. The predicted molar refractivity (Wildman–Crippen MR) is 104 cm³/mol. The standard InChI is InChI=1S/C19H25BClNO4/c1-17(2,3)24-16(23)22-11-10-12-14(22)9-8-13(21)15(12)20-25-18(4,5)19(6,7)26-20/h8-11H,1-7H3. The SMILES string of the molecule is CC(C)(C)OC(=O)n1ccc2c(B3OC(C)(C)C(C)(C)O3)c(Cl)ccc21. The Kier molecular flexibility index (Phi) is 4.45. The van der Waals surface area contributed by atoms with Crippen LogP contribution in [0.2, 0.25) is 5.02 Å². The number of aromatic nitrogens is 1. The number of ether oxygens (including phenoxy) is 1. The summed E-state index contributed by atoms with van der Waals surface area (Å²) in [6.07, 6.45) is 1.25. The molecule has 0 bridgehead atoms. The molecule has 0 saturated carbocycles. The third kappa shape index (κ3) is 3.26. The van der Waals surface area contributed by atoms with Crippen LogP contribution in [0.15, 0.2) is 24.4 Å². The van der Waals surface area contributed by atoms with Crippen molar-refractivity contribution in [1.82, 2.24) is 4.57 Å². The number of benzene rings is 1. The molecule has 1 aliphatic rings. The van der Waals surface area contributed by atoms with Gasteiger partial charge in [0.25, 0.3) is 0 Å². The van der Waals surface area contributed by atoms with Crippen LogP contribution in [-0.2, 0) is 14.0 Å². The minimum atomic E-state index is -0.606. The molecule has 0 N–H and O–H groups in total. The Labute approximate surface area is 159 Å². The second-order valence-corrected chi connectivity index (χ2v) is 9.06. The molecule has 5 nitrogen and oxygen atoms in total. The quantitative estimate of drug-likeness (QED) is 0.692. The number of rotatable bonds is 1. The van der Waals surface area contributed by atoms with E-state index in [1.165, 1.54) is 4.57 Å². The Morgan fingerprint density at radius 2 is 1.69 bits per heavy atom. The summed E-state index contributed by atoms with van der Waals surface area (Å²) in [4.78, 5) is 12.5. The molecule has 3 rings (SSSR count). The minimum absolute atomic E-state index is 0.435. The van der Waals surface area contributed by atoms with Gasteiger partial charge in [0.15, 0.2) is 0 Å². The maximum absolute atomic E-state index is 12.5. The molecule has 1 aliphatic heterocycles. The molecule has 0 aliphatic carbocycles. The lowest BCUT2D eigenvalue weighted by molar-refractivity contribution is 0.00578. The normalized spacial score (nSPS) is 19.2. The van der Waals surface area contributed by atoms with Gasteiger partial charge in [0.1, 0.15) is 5.60 Å². The number of carbonyl (C=O) groups is 1. The topological polar surface area (TPSA) is 49.7 Å². The second-order valence-electron chi connectivity index (χ2n) is 8.65. The van der Waals surface area contributed by atoms with Crippen molar-refractivity contribution >= 4 is 41.2 Å². The first-order valence-electron chi connectivity index (χ1n) is 8.71. The van der Waals surface area contributed by atoms with Gasteiger partial charge in [-0.25, -0.2) is 4.79 Å². The Morgan fingerprint density at radius 1 is 1.12 bits per heavy atom. The zero-order chi connectivity index (χ0) is 19.5. The van der Waals surface area contributed by atoms with E-state index < -0.39 is 30.0 Å². The van der Waals surface area contributed by atoms with Crippen LogP contribution in [0.25, 0.3) is 10.9 Å². The van der Waals surface area contributed by atoms with Crippen molar-refractivity contribution in [3.05, 3.63) is 29.4 Å². The maximum atomic E-state index is 12.5. The maximum Gasteiger partial charge on any atom is 0.497 e. The van der Waals surface area contributed by atoms with E-state index in [4.69, 9.17) is 25.6 Å². The fraction of sp³-hybridized carbons (Fsp3) is 0.526. The minimum Gasteiger partial charge on any atom is -0.443 e. The van der Waals surface area contributed by atoms with Crippen LogP contribution >= 0.6 is 11.6 Å². The van der Waals surface area contributed by atoms with Gasteiger partial charge in [-0.15, -0.1) is 0 Å². The Hall–Kier alpha value is -1.50. The lowest BCUT2D eigenvalue weighted by Crippen LogP contribution is -2.41. The first-order valence-corrected chi connectivity index (χ1v) is 9.09. The predicted octanol–water partition coefficient (Wildman–Crippen LogP) is 4.38. The molecule has 1 aromatic heterocycles. The average molecular weight is 378 g/mol. The molecule has 26 heavy (non-hydrogen) atoms. The molecule has 2 aromatic rings. The highest BCUT2D eigenvalue weighted by atomic mass is 35.5. The van der Waals surface area contributed by atoms with Crippen molar-refractivity contribution in [2.45, 2.75) is 65.3 Å². The van der Waals surface area contributed by atoms with Crippen molar-refractivity contribution in [2.75, 3.05) is 0 Å². The Morgan fingerprint density at radius 3 is 2.23 bits per heavy atom. The van der Waals surface area contributed by atoms with Crippen LogP contribution in [-0.4, -0.2) is 34.6 Å². The number of nitrogens with zero attached hydrogens (tertiary/aromatic N) is 1. The molecule has 1 aromatic carbocycles. The fourth-order valence-electron chi connectivity index (χ4n) is 2.88. The van der Waals surface area contributed by atoms with Gasteiger partial charge in [0.2, 0.25) is 0 Å². The van der Waals surface area contributed by atoms with E-state index in [1.807, 2.05) is 54.5 Å². The van der Waals surface area contributed by atoms with Crippen LogP contribution in [0.5, 0.6) is 0 Å². The summed E-state index contributed by atoms with van der Waals surface area (Å²) >= 11 is 6.48. The van der Waals surface area contributed by atoms with Crippen LogP contribution in [0, 0.1) is 0 Å². The number of halogens is 1. The van der Waals surface area contributed by atoms with Crippen molar-refractivity contribution in [3.8, 4) is 0 Å². The molecular formula is C19H25BClNO4. The summed E-state index contributed by atoms with van der Waals surface area (Å²) < 4.78 is 19.3. The first-order chi connectivity index (χ1) is 11.8. The lowest BCUT2D eigenvalue weighted by Gasteiger charge is -2.32. The third-order valence-electron chi connectivity index (χ3n) is 4.94. The van der Waals surface area contributed by atoms with Crippen molar-refractivity contribution in [1.29, 1.82) is 0 Å². The van der Waals surface area contributed by atoms with Crippen LogP contribution in [0.1, 0.15) is 48.5 Å². The second kappa shape index (κ2) is 6.01. The van der Waals surface area contributed by atoms with Gasteiger partial charge in [-0.05, 0) is 66.7 Å². The molecule has 0 unspecified atom stereocenters. The van der Waals surface area contributed by atoms with Gasteiger partial charge in [0, 0.05) is 22.1 Å². The van der Waals surface area contributed by atoms with E-state index in [0.29, 0.717) is 10.5 Å². The van der Waals surface area contributed by atoms with Gasteiger partial charge in [-0.2, -0.15) is 0 Å². The van der Waals surface area contributed by atoms with Crippen molar-refractivity contribution < 1.29 is 18.8 Å². The highest BCUT2D eigenvalue weighted by Gasteiger charge is 2.52. The summed E-state index contributed by atoms with van der Waals surface area (Å²) in [7, 11) is -0.606. The molecule has 0 spiro atoms. The monoisotopic (exact) mass is 377 g/mol. The summed E-state index contributed by atoms with van der Waals surface area (Å²) in [5, 5.41) is 1.35. The average Bonchev–Trinajstić information content (AvgIpc) is 2.95. The fourth-order valence-corrected chi connectivity index (χ4v) is 3.14. The van der Waals surface area contributed by atoms with Gasteiger partial charge in [0.05, 0.1) is 16.7 Å². The molecule has 7 heteroatoms. The molecule has 1 fully saturated rings. The number of hydrogen-bond acceptors (Lipinski definition) is 4. The van der Waals surface area contributed by atoms with Crippen molar-refractivity contribution in [3.63, 3.8) is 0 Å². The Bertz CT molecular complexity index is 850. The number of hydrogen-bond donors (Lipinski definition) is 0. The highest BCUT2D eigenvalue weighted by molar-refractivity contribution is 6.68. The molecule has 1 saturated heterocycles. The van der Waals surface area contributed by atoms with E-state index >= 15 is 0 Å². The van der Waals surface area contributed by atoms with Crippen LogP contribution in [0.3, 0.4) is 0 Å². The zero-order valence-corrected chi connectivity index (χ0v) is 17.1. The zero-order valence-electron chi connectivity index (χ0n) is 16.3. The van der Waals surface area contributed by atoms with Gasteiger partial charge < -0.3 is 14.0 Å². The largest absolute Gasteiger partial charge is 0.497 e. The highest BCUT2D eigenvalue weighted by Crippen LogP contribution is 2.37. The number of carbonyl (C=O) groups excluding carboxylic acids is 1. The van der Waals surface area contributed by atoms with E-state index in [-0.39, 0.29) is 0 Å². The molecule has 2 heterocycles. The van der Waals surface area contributed by atoms with Gasteiger partial charge in [-0.3, -0.25) is 4.57 Å². The lowest BCUT2D eigenvalue weighted by atomic mass is 9.77. The van der Waals surface area contributed by atoms with Gasteiger partial charge >= 0.3 is 13.2 Å². The summed E-state index contributed by atoms with van der Waals surface area (Å²) in [5.41, 5.74) is -0.0962. The van der Waals surface area contributed by atoms with E-state index in [0.717, 1.165) is 10.8 Å². The molecule has 0 radical (unpaired) electrons. The smallest absolute Gasteiger partial charge is 0.443 e. The van der Waals surface area contributed by atoms with Crippen molar-refractivity contribution in [2.24, 2.45) is 0 Å². The molecule has 0 amide bonds. The Balaban J connectivity index is 2.06. The molecule has 140 valence electrons. The van der Waals surface area contributed by atoms with Gasteiger partial charge in [-0.1, -0.05) is 11.6 Å². The van der Waals surface area contributed by atoms with Crippen LogP contribution in [0.4, 0.5) is 4.79 Å². The molecule has 0 atom stereocenters.